The van der Waals surface area contributed by atoms with Crippen molar-refractivity contribution < 1.29 is 4.79 Å². The molecule has 0 aliphatic heterocycles. The zero-order valence-electron chi connectivity index (χ0n) is 13.5. The number of anilines is 1. The van der Waals surface area contributed by atoms with E-state index in [2.05, 4.69) is 34.4 Å². The molecule has 1 heterocycles. The number of H-pyrrole nitrogens is 1. The molecule has 2 aromatic rings. The minimum absolute atomic E-state index is 0.0683. The summed E-state index contributed by atoms with van der Waals surface area (Å²) in [5, 5.41) is 10.1. The van der Waals surface area contributed by atoms with Crippen LogP contribution in [0.5, 0.6) is 0 Å². The first-order valence-electron chi connectivity index (χ1n) is 7.69. The Morgan fingerprint density at radius 1 is 1.41 bits per heavy atom. The van der Waals surface area contributed by atoms with Crippen molar-refractivity contribution in [2.75, 3.05) is 18.9 Å². The molecule has 0 saturated carbocycles. The van der Waals surface area contributed by atoms with Gasteiger partial charge in [-0.1, -0.05) is 25.5 Å². The number of aromatic nitrogens is 2. The summed E-state index contributed by atoms with van der Waals surface area (Å²) in [6.45, 7) is 5.64. The van der Waals surface area contributed by atoms with Crippen molar-refractivity contribution in [1.29, 1.82) is 0 Å². The van der Waals surface area contributed by atoms with Gasteiger partial charge in [-0.2, -0.15) is 5.10 Å². The van der Waals surface area contributed by atoms with Gasteiger partial charge in [0, 0.05) is 30.3 Å². The number of rotatable bonds is 7. The van der Waals surface area contributed by atoms with Crippen molar-refractivity contribution in [2.24, 2.45) is 0 Å². The number of hydrogen-bond donors (Lipinski definition) is 2. The number of aromatic amines is 1. The van der Waals surface area contributed by atoms with E-state index in [9.17, 15) is 4.79 Å². The molecular weight excluding hydrogens is 276 g/mol. The summed E-state index contributed by atoms with van der Waals surface area (Å²) in [6.07, 6.45) is 4.27. The van der Waals surface area contributed by atoms with E-state index in [4.69, 9.17) is 0 Å². The van der Waals surface area contributed by atoms with E-state index in [1.54, 1.807) is 0 Å². The highest BCUT2D eigenvalue weighted by Crippen LogP contribution is 2.24. The highest BCUT2D eigenvalue weighted by atomic mass is 16.1. The van der Waals surface area contributed by atoms with Gasteiger partial charge in [0.25, 0.3) is 0 Å². The number of hydrogen-bond acceptors (Lipinski definition) is 3. The predicted molar refractivity (Wildman–Crippen MR) is 89.6 cm³/mol. The zero-order valence-corrected chi connectivity index (χ0v) is 13.5. The van der Waals surface area contributed by atoms with E-state index in [0.29, 0.717) is 0 Å². The third-order valence-electron chi connectivity index (χ3n) is 3.52. The van der Waals surface area contributed by atoms with Gasteiger partial charge in [-0.15, -0.1) is 0 Å². The summed E-state index contributed by atoms with van der Waals surface area (Å²) in [7, 11) is 2.13. The second kappa shape index (κ2) is 7.75. The van der Waals surface area contributed by atoms with E-state index < -0.39 is 0 Å². The number of nitrogens with one attached hydrogen (secondary N) is 2. The van der Waals surface area contributed by atoms with Gasteiger partial charge in [-0.3, -0.25) is 9.89 Å². The van der Waals surface area contributed by atoms with Gasteiger partial charge in [0.15, 0.2) is 0 Å². The Hall–Kier alpha value is -2.14. The number of unbranched alkanes of at least 4 members (excludes halogenated alkanes) is 1. The van der Waals surface area contributed by atoms with Crippen LogP contribution in [0, 0.1) is 0 Å². The second-order valence-corrected chi connectivity index (χ2v) is 5.62. The summed E-state index contributed by atoms with van der Waals surface area (Å²) in [6, 6.07) is 7.80. The van der Waals surface area contributed by atoms with Crippen LogP contribution in [0.4, 0.5) is 5.69 Å². The molecule has 0 atom stereocenters. The normalized spacial score (nSPS) is 10.9. The maximum absolute atomic E-state index is 11.2. The van der Waals surface area contributed by atoms with Crippen LogP contribution in [0.3, 0.4) is 0 Å². The molecule has 0 fully saturated rings. The van der Waals surface area contributed by atoms with Crippen LogP contribution in [0.25, 0.3) is 11.3 Å². The smallest absolute Gasteiger partial charge is 0.221 e. The number of amides is 1. The average Bonchev–Trinajstić information content (AvgIpc) is 2.92. The molecule has 1 aromatic heterocycles. The second-order valence-electron chi connectivity index (χ2n) is 5.62. The third kappa shape index (κ3) is 4.43. The molecule has 5 heteroatoms. The molecule has 1 amide bonds. The summed E-state index contributed by atoms with van der Waals surface area (Å²) in [5.74, 6) is -0.0683. The van der Waals surface area contributed by atoms with E-state index in [0.717, 1.165) is 30.0 Å². The largest absolute Gasteiger partial charge is 0.326 e. The molecule has 0 spiro atoms. The molecule has 0 bridgehead atoms. The Bertz CT molecular complexity index is 621. The zero-order chi connectivity index (χ0) is 15.9. The monoisotopic (exact) mass is 300 g/mol. The Kier molecular flexibility index (Phi) is 5.72. The summed E-state index contributed by atoms with van der Waals surface area (Å²) in [4.78, 5) is 13.5. The minimum atomic E-state index is -0.0683. The molecule has 1 aromatic carbocycles. The first-order chi connectivity index (χ1) is 10.6. The van der Waals surface area contributed by atoms with Crippen LogP contribution in [-0.2, 0) is 11.3 Å². The van der Waals surface area contributed by atoms with Gasteiger partial charge in [0.05, 0.1) is 11.9 Å². The lowest BCUT2D eigenvalue weighted by Gasteiger charge is -2.16. The van der Waals surface area contributed by atoms with Crippen LogP contribution in [-0.4, -0.2) is 34.6 Å². The summed E-state index contributed by atoms with van der Waals surface area (Å²) >= 11 is 0. The van der Waals surface area contributed by atoms with Gasteiger partial charge in [0.1, 0.15) is 0 Å². The number of nitrogens with zero attached hydrogens (tertiary/aromatic N) is 2. The molecule has 2 N–H and O–H groups in total. The first-order valence-corrected chi connectivity index (χ1v) is 7.69. The quantitative estimate of drug-likeness (QED) is 0.825. The number of carbonyl (C=O) groups excluding carboxylic acids is 1. The first kappa shape index (κ1) is 16.2. The van der Waals surface area contributed by atoms with Crippen molar-refractivity contribution in [3.8, 4) is 11.3 Å². The van der Waals surface area contributed by atoms with E-state index in [-0.39, 0.29) is 5.91 Å². The summed E-state index contributed by atoms with van der Waals surface area (Å²) < 4.78 is 0. The van der Waals surface area contributed by atoms with E-state index in [1.165, 1.54) is 25.3 Å². The topological polar surface area (TPSA) is 61.0 Å². The maximum atomic E-state index is 11.2. The van der Waals surface area contributed by atoms with Gasteiger partial charge in [0.2, 0.25) is 5.91 Å². The van der Waals surface area contributed by atoms with Crippen LogP contribution in [0.15, 0.2) is 30.5 Å². The molecule has 0 radical (unpaired) electrons. The van der Waals surface area contributed by atoms with Crippen LogP contribution < -0.4 is 5.32 Å². The minimum Gasteiger partial charge on any atom is -0.326 e. The molecule has 0 aliphatic rings. The molecule has 0 saturated heterocycles. The standard InChI is InChI=1S/C17H24N4O/c1-4-5-9-21(3)12-15-11-18-20-17(15)14-7-6-8-16(10-14)19-13(2)22/h6-8,10-11H,4-5,9,12H2,1-3H3,(H,18,20)(H,19,22). The molecule has 0 unspecified atom stereocenters. The van der Waals surface area contributed by atoms with Crippen molar-refractivity contribution in [3.63, 3.8) is 0 Å². The molecule has 5 nitrogen and oxygen atoms in total. The fourth-order valence-corrected chi connectivity index (χ4v) is 2.43. The van der Waals surface area contributed by atoms with Crippen molar-refractivity contribution in [1.82, 2.24) is 15.1 Å². The fraction of sp³-hybridized carbons (Fsp3) is 0.412. The number of carbonyl (C=O) groups is 1. The Labute approximate surface area is 131 Å². The SMILES string of the molecule is CCCCN(C)Cc1cn[nH]c1-c1cccc(NC(C)=O)c1. The maximum Gasteiger partial charge on any atom is 0.221 e. The highest BCUT2D eigenvalue weighted by molar-refractivity contribution is 5.89. The van der Waals surface area contributed by atoms with Gasteiger partial charge in [-0.05, 0) is 32.1 Å². The lowest BCUT2D eigenvalue weighted by Crippen LogP contribution is -2.19. The Morgan fingerprint density at radius 2 is 2.23 bits per heavy atom. The van der Waals surface area contributed by atoms with Crippen molar-refractivity contribution in [3.05, 3.63) is 36.0 Å². The van der Waals surface area contributed by atoms with E-state index >= 15 is 0 Å². The third-order valence-corrected chi connectivity index (χ3v) is 3.52. The molecular formula is C17H24N4O. The molecule has 0 aliphatic carbocycles. The van der Waals surface area contributed by atoms with Gasteiger partial charge >= 0.3 is 0 Å². The molecule has 2 rings (SSSR count). The number of benzene rings is 1. The summed E-state index contributed by atoms with van der Waals surface area (Å²) in [5.41, 5.74) is 4.00. The van der Waals surface area contributed by atoms with E-state index in [1.807, 2.05) is 30.5 Å². The van der Waals surface area contributed by atoms with Crippen LogP contribution >= 0.6 is 0 Å². The lowest BCUT2D eigenvalue weighted by atomic mass is 10.1. The average molecular weight is 300 g/mol. The fourth-order valence-electron chi connectivity index (χ4n) is 2.43. The Balaban J connectivity index is 2.16. The van der Waals surface area contributed by atoms with Crippen molar-refractivity contribution in [2.45, 2.75) is 33.2 Å². The molecule has 118 valence electrons. The van der Waals surface area contributed by atoms with Gasteiger partial charge < -0.3 is 10.2 Å². The van der Waals surface area contributed by atoms with Crippen LogP contribution in [0.1, 0.15) is 32.3 Å². The van der Waals surface area contributed by atoms with Gasteiger partial charge in [-0.25, -0.2) is 0 Å². The lowest BCUT2D eigenvalue weighted by molar-refractivity contribution is -0.114. The molecule has 22 heavy (non-hydrogen) atoms. The van der Waals surface area contributed by atoms with Crippen molar-refractivity contribution >= 4 is 11.6 Å². The highest BCUT2D eigenvalue weighted by Gasteiger charge is 2.10. The van der Waals surface area contributed by atoms with Crippen LogP contribution in [0.2, 0.25) is 0 Å². The predicted octanol–water partition coefficient (Wildman–Crippen LogP) is 3.27. The Morgan fingerprint density at radius 3 is 2.95 bits per heavy atom.